The summed E-state index contributed by atoms with van der Waals surface area (Å²) in [5, 5.41) is 2.91. The number of rotatable bonds is 3. The molecule has 1 saturated carbocycles. The molecule has 0 spiro atoms. The molecule has 2 aliphatic rings. The Balaban J connectivity index is 1.45. The molecule has 0 radical (unpaired) electrons. The van der Waals surface area contributed by atoms with Gasteiger partial charge < -0.3 is 20.5 Å². The van der Waals surface area contributed by atoms with E-state index >= 15 is 0 Å². The molecule has 5 heteroatoms. The summed E-state index contributed by atoms with van der Waals surface area (Å²) in [6.45, 7) is 1.15. The zero-order valence-electron chi connectivity index (χ0n) is 12.6. The number of benzene rings is 2. The summed E-state index contributed by atoms with van der Waals surface area (Å²) >= 11 is 0. The van der Waals surface area contributed by atoms with E-state index in [0.29, 0.717) is 24.6 Å². The first-order chi connectivity index (χ1) is 11.2. The van der Waals surface area contributed by atoms with Crippen molar-refractivity contribution in [1.82, 2.24) is 0 Å². The third-order valence-electron chi connectivity index (χ3n) is 4.34. The van der Waals surface area contributed by atoms with E-state index in [0.717, 1.165) is 23.5 Å². The van der Waals surface area contributed by atoms with Crippen LogP contribution in [0.15, 0.2) is 42.5 Å². The smallest absolute Gasteiger partial charge is 0.228 e. The molecule has 1 aliphatic heterocycles. The first kappa shape index (κ1) is 13.9. The average Bonchev–Trinajstić information content (AvgIpc) is 3.37. The largest absolute Gasteiger partial charge is 0.486 e. The predicted molar refractivity (Wildman–Crippen MR) is 87.8 cm³/mol. The molecular formula is C18H18N2O3. The Morgan fingerprint density at radius 3 is 2.70 bits per heavy atom. The van der Waals surface area contributed by atoms with Crippen molar-refractivity contribution in [3.63, 3.8) is 0 Å². The normalized spacial score (nSPS) is 21.6. The number of para-hydroxylation sites is 2. The number of anilines is 2. The van der Waals surface area contributed by atoms with Crippen molar-refractivity contribution in [2.75, 3.05) is 24.3 Å². The van der Waals surface area contributed by atoms with Gasteiger partial charge in [0.2, 0.25) is 5.91 Å². The molecule has 0 aromatic heterocycles. The van der Waals surface area contributed by atoms with Crippen molar-refractivity contribution < 1.29 is 14.3 Å². The Bertz CT molecular complexity index is 760. The van der Waals surface area contributed by atoms with Crippen LogP contribution in [0.4, 0.5) is 11.4 Å². The number of hydrogen-bond acceptors (Lipinski definition) is 4. The van der Waals surface area contributed by atoms with Gasteiger partial charge in [-0.15, -0.1) is 0 Å². The Hall–Kier alpha value is -2.69. The Kier molecular flexibility index (Phi) is 3.33. The van der Waals surface area contributed by atoms with E-state index in [2.05, 4.69) is 5.32 Å². The summed E-state index contributed by atoms with van der Waals surface area (Å²) in [6.07, 6.45) is 0.845. The lowest BCUT2D eigenvalue weighted by atomic mass is 10.1. The van der Waals surface area contributed by atoms with Crippen LogP contribution in [0.1, 0.15) is 17.9 Å². The molecule has 1 heterocycles. The maximum Gasteiger partial charge on any atom is 0.228 e. The third kappa shape index (κ3) is 2.70. The zero-order valence-corrected chi connectivity index (χ0v) is 12.6. The fourth-order valence-corrected chi connectivity index (χ4v) is 2.98. The van der Waals surface area contributed by atoms with E-state index in [1.165, 1.54) is 0 Å². The minimum atomic E-state index is -0.0165. The maximum atomic E-state index is 12.4. The SMILES string of the molecule is Nc1ccccc1NC(=O)C1CC1c1ccc2c(c1)OCCO2. The average molecular weight is 310 g/mol. The van der Waals surface area contributed by atoms with Gasteiger partial charge in [0, 0.05) is 5.92 Å². The number of amides is 1. The molecule has 3 N–H and O–H groups in total. The van der Waals surface area contributed by atoms with E-state index in [1.54, 1.807) is 6.07 Å². The summed E-state index contributed by atoms with van der Waals surface area (Å²) in [5.41, 5.74) is 8.24. The lowest BCUT2D eigenvalue weighted by molar-refractivity contribution is -0.117. The Labute approximate surface area is 134 Å². The molecule has 23 heavy (non-hydrogen) atoms. The molecule has 0 saturated heterocycles. The van der Waals surface area contributed by atoms with E-state index in [9.17, 15) is 4.79 Å². The van der Waals surface area contributed by atoms with Crippen LogP contribution in [-0.4, -0.2) is 19.1 Å². The minimum Gasteiger partial charge on any atom is -0.486 e. The van der Waals surface area contributed by atoms with Gasteiger partial charge in [0.15, 0.2) is 11.5 Å². The van der Waals surface area contributed by atoms with Gasteiger partial charge in [0.05, 0.1) is 11.4 Å². The summed E-state index contributed by atoms with van der Waals surface area (Å²) in [7, 11) is 0. The highest BCUT2D eigenvalue weighted by Crippen LogP contribution is 2.49. The van der Waals surface area contributed by atoms with Gasteiger partial charge in [-0.2, -0.15) is 0 Å². The monoisotopic (exact) mass is 310 g/mol. The molecule has 2 atom stereocenters. The van der Waals surface area contributed by atoms with Crippen molar-refractivity contribution in [3.8, 4) is 11.5 Å². The van der Waals surface area contributed by atoms with E-state index in [1.807, 2.05) is 36.4 Å². The molecule has 118 valence electrons. The molecule has 1 amide bonds. The second kappa shape index (κ2) is 5.50. The molecule has 0 bridgehead atoms. The third-order valence-corrected chi connectivity index (χ3v) is 4.34. The predicted octanol–water partition coefficient (Wildman–Crippen LogP) is 2.78. The van der Waals surface area contributed by atoms with Crippen molar-refractivity contribution >= 4 is 17.3 Å². The second-order valence-electron chi connectivity index (χ2n) is 5.93. The van der Waals surface area contributed by atoms with Gasteiger partial charge in [0.1, 0.15) is 13.2 Å². The van der Waals surface area contributed by atoms with Crippen LogP contribution in [0, 0.1) is 5.92 Å². The molecule has 1 aliphatic carbocycles. The van der Waals surface area contributed by atoms with Crippen molar-refractivity contribution in [1.29, 1.82) is 0 Å². The second-order valence-corrected chi connectivity index (χ2v) is 5.93. The minimum absolute atomic E-state index is 0.0165. The van der Waals surface area contributed by atoms with Crippen LogP contribution in [-0.2, 0) is 4.79 Å². The van der Waals surface area contributed by atoms with E-state index in [4.69, 9.17) is 15.2 Å². The van der Waals surface area contributed by atoms with Crippen LogP contribution < -0.4 is 20.5 Å². The van der Waals surface area contributed by atoms with Crippen molar-refractivity contribution in [3.05, 3.63) is 48.0 Å². The molecule has 2 unspecified atom stereocenters. The fourth-order valence-electron chi connectivity index (χ4n) is 2.98. The van der Waals surface area contributed by atoms with Crippen LogP contribution >= 0.6 is 0 Å². The number of ether oxygens (including phenoxy) is 2. The van der Waals surface area contributed by atoms with Crippen molar-refractivity contribution in [2.45, 2.75) is 12.3 Å². The van der Waals surface area contributed by atoms with E-state index < -0.39 is 0 Å². The van der Waals surface area contributed by atoms with Crippen LogP contribution in [0.2, 0.25) is 0 Å². The molecule has 5 nitrogen and oxygen atoms in total. The van der Waals surface area contributed by atoms with Gasteiger partial charge in [-0.25, -0.2) is 0 Å². The molecule has 4 rings (SSSR count). The topological polar surface area (TPSA) is 73.6 Å². The lowest BCUT2D eigenvalue weighted by Crippen LogP contribution is -2.16. The zero-order chi connectivity index (χ0) is 15.8. The van der Waals surface area contributed by atoms with Gasteiger partial charge in [-0.3, -0.25) is 4.79 Å². The highest BCUT2D eigenvalue weighted by molar-refractivity contribution is 5.97. The van der Waals surface area contributed by atoms with Gasteiger partial charge in [-0.1, -0.05) is 18.2 Å². The molecule has 2 aromatic rings. The van der Waals surface area contributed by atoms with E-state index in [-0.39, 0.29) is 17.7 Å². The fraction of sp³-hybridized carbons (Fsp3) is 0.278. The number of fused-ring (bicyclic) bond motifs is 1. The number of hydrogen-bond donors (Lipinski definition) is 2. The molecule has 1 fully saturated rings. The lowest BCUT2D eigenvalue weighted by Gasteiger charge is -2.18. The molecular weight excluding hydrogens is 292 g/mol. The summed E-state index contributed by atoms with van der Waals surface area (Å²) in [5.74, 6) is 1.78. The summed E-state index contributed by atoms with van der Waals surface area (Å²) < 4.78 is 11.1. The van der Waals surface area contributed by atoms with Crippen LogP contribution in [0.3, 0.4) is 0 Å². The Morgan fingerprint density at radius 1 is 1.09 bits per heavy atom. The standard InChI is InChI=1S/C18H18N2O3/c19-14-3-1-2-4-15(14)20-18(21)13-10-12(13)11-5-6-16-17(9-11)23-8-7-22-16/h1-6,9,12-13H,7-8,10,19H2,(H,20,21). The van der Waals surface area contributed by atoms with Crippen LogP contribution in [0.25, 0.3) is 0 Å². The van der Waals surface area contributed by atoms with Crippen molar-refractivity contribution in [2.24, 2.45) is 5.92 Å². The highest BCUT2D eigenvalue weighted by atomic mass is 16.6. The molecule has 2 aromatic carbocycles. The number of carbonyl (C=O) groups excluding carboxylic acids is 1. The summed E-state index contributed by atoms with van der Waals surface area (Å²) in [4.78, 5) is 12.4. The van der Waals surface area contributed by atoms with Gasteiger partial charge >= 0.3 is 0 Å². The quantitative estimate of drug-likeness (QED) is 0.855. The number of nitrogen functional groups attached to an aromatic ring is 1. The number of nitrogens with one attached hydrogen (secondary N) is 1. The van der Waals surface area contributed by atoms with Gasteiger partial charge in [-0.05, 0) is 42.2 Å². The first-order valence-corrected chi connectivity index (χ1v) is 7.77. The summed E-state index contributed by atoms with van der Waals surface area (Å²) in [6, 6.07) is 13.2. The van der Waals surface area contributed by atoms with Crippen LogP contribution in [0.5, 0.6) is 11.5 Å². The first-order valence-electron chi connectivity index (χ1n) is 7.77. The Morgan fingerprint density at radius 2 is 1.87 bits per heavy atom. The number of carbonyl (C=O) groups is 1. The van der Waals surface area contributed by atoms with Gasteiger partial charge in [0.25, 0.3) is 0 Å². The highest BCUT2D eigenvalue weighted by Gasteiger charge is 2.44. The maximum absolute atomic E-state index is 12.4. The number of nitrogens with two attached hydrogens (primary N) is 1.